The lowest BCUT2D eigenvalue weighted by Gasteiger charge is -2.05. The van der Waals surface area contributed by atoms with Crippen molar-refractivity contribution in [2.24, 2.45) is 0 Å². The van der Waals surface area contributed by atoms with Crippen molar-refractivity contribution in [3.8, 4) is 11.1 Å². The van der Waals surface area contributed by atoms with Crippen molar-refractivity contribution in [3.63, 3.8) is 0 Å². The standard InChI is InChI=1S/C12H9NO2S/c14-12(15)10-9(6-7-13-11(10)16)8-4-2-1-3-5-8/h1-7H,(H,13,16)(H,14,15). The van der Waals surface area contributed by atoms with E-state index in [1.165, 1.54) is 0 Å². The number of pyridine rings is 1. The van der Waals surface area contributed by atoms with E-state index in [0.29, 0.717) is 5.56 Å². The minimum absolute atomic E-state index is 0.142. The largest absolute Gasteiger partial charge is 0.478 e. The molecular weight excluding hydrogens is 222 g/mol. The number of aromatic carboxylic acids is 1. The van der Waals surface area contributed by atoms with Crippen LogP contribution in [0.5, 0.6) is 0 Å². The second-order valence-corrected chi connectivity index (χ2v) is 3.67. The van der Waals surface area contributed by atoms with Crippen LogP contribution < -0.4 is 0 Å². The summed E-state index contributed by atoms with van der Waals surface area (Å²) in [6.07, 6.45) is 1.65. The number of rotatable bonds is 2. The van der Waals surface area contributed by atoms with Crippen molar-refractivity contribution in [1.29, 1.82) is 0 Å². The highest BCUT2D eigenvalue weighted by Gasteiger charge is 2.12. The topological polar surface area (TPSA) is 53.1 Å². The van der Waals surface area contributed by atoms with Crippen LogP contribution >= 0.6 is 12.2 Å². The number of carboxylic acid groups (broad SMARTS) is 1. The predicted molar refractivity (Wildman–Crippen MR) is 64.0 cm³/mol. The van der Waals surface area contributed by atoms with E-state index in [4.69, 9.17) is 17.3 Å². The second kappa shape index (κ2) is 4.28. The molecule has 0 aliphatic rings. The highest BCUT2D eigenvalue weighted by molar-refractivity contribution is 7.71. The molecule has 3 nitrogen and oxygen atoms in total. The van der Waals surface area contributed by atoms with Crippen LogP contribution in [-0.2, 0) is 0 Å². The van der Waals surface area contributed by atoms with Crippen LogP contribution in [0.4, 0.5) is 0 Å². The quantitative estimate of drug-likeness (QED) is 0.781. The minimum Gasteiger partial charge on any atom is -0.478 e. The third-order valence-corrected chi connectivity index (χ3v) is 2.58. The van der Waals surface area contributed by atoms with E-state index in [2.05, 4.69) is 4.98 Å². The Morgan fingerprint density at radius 1 is 1.19 bits per heavy atom. The van der Waals surface area contributed by atoms with Gasteiger partial charge in [0.25, 0.3) is 0 Å². The number of carboxylic acids is 1. The third kappa shape index (κ3) is 1.87. The summed E-state index contributed by atoms with van der Waals surface area (Å²) >= 11 is 4.98. The van der Waals surface area contributed by atoms with Gasteiger partial charge in [-0.05, 0) is 11.6 Å². The Balaban J connectivity index is 2.71. The molecule has 2 N–H and O–H groups in total. The van der Waals surface area contributed by atoms with Gasteiger partial charge in [0.2, 0.25) is 0 Å². The first kappa shape index (κ1) is 10.6. The summed E-state index contributed by atoms with van der Waals surface area (Å²) in [6, 6.07) is 11.0. The summed E-state index contributed by atoms with van der Waals surface area (Å²) in [7, 11) is 0. The smallest absolute Gasteiger partial charge is 0.339 e. The van der Waals surface area contributed by atoms with Crippen molar-refractivity contribution in [2.75, 3.05) is 0 Å². The Morgan fingerprint density at radius 2 is 1.88 bits per heavy atom. The summed E-state index contributed by atoms with van der Waals surface area (Å²) in [5.41, 5.74) is 1.63. The van der Waals surface area contributed by atoms with Gasteiger partial charge in [-0.1, -0.05) is 42.5 Å². The molecule has 4 heteroatoms. The molecule has 0 amide bonds. The zero-order chi connectivity index (χ0) is 11.5. The Labute approximate surface area is 97.4 Å². The molecule has 0 saturated heterocycles. The van der Waals surface area contributed by atoms with Gasteiger partial charge in [0.1, 0.15) is 10.2 Å². The fraction of sp³-hybridized carbons (Fsp3) is 0. The molecular formula is C12H9NO2S. The van der Waals surface area contributed by atoms with Gasteiger partial charge in [-0.25, -0.2) is 4.79 Å². The number of H-pyrrole nitrogens is 1. The molecule has 0 radical (unpaired) electrons. The average Bonchev–Trinajstić information content (AvgIpc) is 2.29. The number of benzene rings is 1. The van der Waals surface area contributed by atoms with Crippen LogP contribution in [0.3, 0.4) is 0 Å². The average molecular weight is 231 g/mol. The van der Waals surface area contributed by atoms with Gasteiger partial charge < -0.3 is 10.1 Å². The van der Waals surface area contributed by atoms with Gasteiger partial charge >= 0.3 is 5.97 Å². The molecule has 1 heterocycles. The van der Waals surface area contributed by atoms with Gasteiger partial charge in [-0.2, -0.15) is 0 Å². The highest BCUT2D eigenvalue weighted by atomic mass is 32.1. The van der Waals surface area contributed by atoms with Crippen molar-refractivity contribution in [2.45, 2.75) is 0 Å². The van der Waals surface area contributed by atoms with E-state index in [9.17, 15) is 4.79 Å². The normalized spacial score (nSPS) is 10.0. The van der Waals surface area contributed by atoms with E-state index in [0.717, 1.165) is 5.56 Å². The molecule has 0 bridgehead atoms. The molecule has 0 aliphatic carbocycles. The van der Waals surface area contributed by atoms with Crippen LogP contribution in [0, 0.1) is 4.64 Å². The van der Waals surface area contributed by atoms with E-state index in [1.807, 2.05) is 30.3 Å². The van der Waals surface area contributed by atoms with Gasteiger partial charge in [0.15, 0.2) is 0 Å². The van der Waals surface area contributed by atoms with Crippen LogP contribution in [0.15, 0.2) is 42.6 Å². The maximum absolute atomic E-state index is 11.1. The zero-order valence-electron chi connectivity index (χ0n) is 8.31. The Kier molecular flexibility index (Phi) is 2.83. The number of aromatic nitrogens is 1. The molecule has 0 fully saturated rings. The van der Waals surface area contributed by atoms with E-state index >= 15 is 0 Å². The maximum atomic E-state index is 11.1. The van der Waals surface area contributed by atoms with Gasteiger partial charge in [0.05, 0.1) is 0 Å². The summed E-state index contributed by atoms with van der Waals surface area (Å²) in [5.74, 6) is -1.01. The van der Waals surface area contributed by atoms with E-state index in [1.54, 1.807) is 12.3 Å². The molecule has 0 aliphatic heterocycles. The summed E-state index contributed by atoms with van der Waals surface area (Å²) in [5, 5.41) is 9.12. The van der Waals surface area contributed by atoms with Crippen molar-refractivity contribution >= 4 is 18.2 Å². The molecule has 80 valence electrons. The third-order valence-electron chi connectivity index (χ3n) is 2.26. The van der Waals surface area contributed by atoms with Crippen LogP contribution in [-0.4, -0.2) is 16.1 Å². The van der Waals surface area contributed by atoms with Gasteiger partial charge in [-0.15, -0.1) is 0 Å². The van der Waals surface area contributed by atoms with E-state index in [-0.39, 0.29) is 10.2 Å². The fourth-order valence-corrected chi connectivity index (χ4v) is 1.81. The first-order valence-corrected chi connectivity index (χ1v) is 5.11. The molecule has 2 aromatic rings. The Bertz CT molecular complexity index is 575. The monoisotopic (exact) mass is 231 g/mol. The second-order valence-electron chi connectivity index (χ2n) is 3.27. The van der Waals surface area contributed by atoms with Crippen LogP contribution in [0.2, 0.25) is 0 Å². The lowest BCUT2D eigenvalue weighted by Crippen LogP contribution is -2.01. The number of nitrogens with one attached hydrogen (secondary N) is 1. The lowest BCUT2D eigenvalue weighted by atomic mass is 10.0. The molecule has 0 atom stereocenters. The molecule has 0 saturated carbocycles. The van der Waals surface area contributed by atoms with E-state index < -0.39 is 5.97 Å². The van der Waals surface area contributed by atoms with Crippen LogP contribution in [0.25, 0.3) is 11.1 Å². The van der Waals surface area contributed by atoms with Crippen molar-refractivity contribution in [1.82, 2.24) is 4.98 Å². The summed E-state index contributed by atoms with van der Waals surface area (Å²) < 4.78 is 0.244. The minimum atomic E-state index is -1.01. The summed E-state index contributed by atoms with van der Waals surface area (Å²) in [6.45, 7) is 0. The molecule has 0 spiro atoms. The molecule has 0 unspecified atom stereocenters. The maximum Gasteiger partial charge on any atom is 0.339 e. The Hall–Kier alpha value is -1.94. The Morgan fingerprint density at radius 3 is 2.50 bits per heavy atom. The fourth-order valence-electron chi connectivity index (χ4n) is 1.55. The number of hydrogen-bond donors (Lipinski definition) is 2. The first-order valence-electron chi connectivity index (χ1n) is 4.70. The first-order chi connectivity index (χ1) is 7.70. The number of carbonyl (C=O) groups is 1. The highest BCUT2D eigenvalue weighted by Crippen LogP contribution is 2.23. The van der Waals surface area contributed by atoms with Crippen LogP contribution in [0.1, 0.15) is 10.4 Å². The van der Waals surface area contributed by atoms with Gasteiger partial charge in [0, 0.05) is 11.8 Å². The van der Waals surface area contributed by atoms with Gasteiger partial charge in [-0.3, -0.25) is 0 Å². The molecule has 2 rings (SSSR count). The summed E-state index contributed by atoms with van der Waals surface area (Å²) in [4.78, 5) is 13.9. The lowest BCUT2D eigenvalue weighted by molar-refractivity contribution is 0.0696. The van der Waals surface area contributed by atoms with Crippen molar-refractivity contribution < 1.29 is 9.90 Å². The molecule has 16 heavy (non-hydrogen) atoms. The number of aromatic amines is 1. The van der Waals surface area contributed by atoms with Crippen molar-refractivity contribution in [3.05, 3.63) is 52.8 Å². The predicted octanol–water partition coefficient (Wildman–Crippen LogP) is 3.11. The molecule has 1 aromatic heterocycles. The SMILES string of the molecule is O=C(O)c1c(-c2ccccc2)cc[nH]c1=S. The number of hydrogen-bond acceptors (Lipinski definition) is 2. The molecule has 1 aromatic carbocycles. The zero-order valence-corrected chi connectivity index (χ0v) is 9.12.